The molecule has 4 nitrogen and oxygen atoms in total. The molecule has 0 radical (unpaired) electrons. The van der Waals surface area contributed by atoms with Crippen LogP contribution >= 0.6 is 0 Å². The number of hydrogen-bond acceptors (Lipinski definition) is 4. The lowest BCUT2D eigenvalue weighted by molar-refractivity contribution is -0.447. The van der Waals surface area contributed by atoms with Crippen molar-refractivity contribution < 1.29 is 58.6 Å². The Morgan fingerprint density at radius 1 is 0.744 bits per heavy atom. The van der Waals surface area contributed by atoms with Crippen LogP contribution < -0.4 is 0 Å². The van der Waals surface area contributed by atoms with Crippen molar-refractivity contribution in [3.05, 3.63) is 0 Å². The predicted molar refractivity (Wildman–Crippen MR) is 124 cm³/mol. The normalized spacial score (nSPS) is 25.6. The first kappa shape index (κ1) is 35.3. The zero-order valence-corrected chi connectivity index (χ0v) is 23.7. The molecule has 2 bridgehead atoms. The maximum atomic E-state index is 12.5. The number of fused-ring (bicyclic) bond motifs is 2. The molecule has 230 valence electrons. The second kappa shape index (κ2) is 10.6. The van der Waals surface area contributed by atoms with Gasteiger partial charge in [-0.05, 0) is 71.1 Å². The van der Waals surface area contributed by atoms with Gasteiger partial charge in [0.2, 0.25) is 0 Å². The highest BCUT2D eigenvalue weighted by Gasteiger charge is 2.87. The maximum Gasteiger partial charge on any atom is 0.447 e. The van der Waals surface area contributed by atoms with Gasteiger partial charge in [0.25, 0.3) is 0 Å². The quantitative estimate of drug-likeness (QED) is 0.231. The van der Waals surface area contributed by atoms with E-state index in [2.05, 4.69) is 25.5 Å². The van der Waals surface area contributed by atoms with Gasteiger partial charge in [0.05, 0.1) is 10.8 Å². The zero-order chi connectivity index (χ0) is 31.3. The molecule has 0 amide bonds. The van der Waals surface area contributed by atoms with Crippen molar-refractivity contribution >= 4 is 11.9 Å². The van der Waals surface area contributed by atoms with Crippen molar-refractivity contribution in [2.24, 2.45) is 27.6 Å². The van der Waals surface area contributed by atoms with Crippen molar-refractivity contribution in [1.82, 2.24) is 0 Å². The molecule has 39 heavy (non-hydrogen) atoms. The summed E-state index contributed by atoms with van der Waals surface area (Å²) < 4.78 is 121. The molecule has 13 heteroatoms. The fourth-order valence-corrected chi connectivity index (χ4v) is 4.82. The molecule has 0 N–H and O–H groups in total. The van der Waals surface area contributed by atoms with Crippen molar-refractivity contribution in [2.75, 3.05) is 0 Å². The molecule has 0 saturated heterocycles. The van der Waals surface area contributed by atoms with Crippen LogP contribution in [-0.2, 0) is 19.1 Å². The van der Waals surface area contributed by atoms with E-state index in [0.717, 1.165) is 32.6 Å². The summed E-state index contributed by atoms with van der Waals surface area (Å²) in [7, 11) is 0. The van der Waals surface area contributed by atoms with E-state index in [1.54, 1.807) is 0 Å². The van der Waals surface area contributed by atoms with Gasteiger partial charge in [-0.3, -0.25) is 9.59 Å². The van der Waals surface area contributed by atoms with E-state index in [9.17, 15) is 49.1 Å². The lowest BCUT2D eigenvalue weighted by Crippen LogP contribution is -2.69. The highest BCUT2D eigenvalue weighted by Crippen LogP contribution is 2.66. The Hall–Kier alpha value is -1.69. The zero-order valence-electron chi connectivity index (χ0n) is 23.7. The van der Waals surface area contributed by atoms with Gasteiger partial charge in [0.1, 0.15) is 6.10 Å². The van der Waals surface area contributed by atoms with Gasteiger partial charge in [0.15, 0.2) is 0 Å². The first-order chi connectivity index (χ1) is 17.1. The number of esters is 2. The maximum absolute atomic E-state index is 12.5. The smallest absolute Gasteiger partial charge is 0.447 e. The van der Waals surface area contributed by atoms with Gasteiger partial charge in [-0.2, -0.15) is 39.5 Å². The summed E-state index contributed by atoms with van der Waals surface area (Å²) in [5, 5.41) is 0. The third-order valence-electron chi connectivity index (χ3n) is 9.28. The standard InChI is InChI=1S/C16H28O2.C10H11F9O2/c1-7-14(2,3)13(17)18-12-10-11-8-9-16(12,6)15(11,4)5;1-4-6(2,3)5(20)21-7(8(11,12)13,9(14,15)16)10(17,18)19/h11-12H,7-10H2,1-6H3;4H2,1-3H3. The second-order valence-corrected chi connectivity index (χ2v) is 12.5. The molecule has 2 aliphatic carbocycles. The average molecular weight is 587 g/mol. The summed E-state index contributed by atoms with van der Waals surface area (Å²) >= 11 is 0. The van der Waals surface area contributed by atoms with Crippen LogP contribution in [0.15, 0.2) is 0 Å². The minimum atomic E-state index is -6.91. The number of alkyl halides is 9. The summed E-state index contributed by atoms with van der Waals surface area (Å²) in [6, 6.07) is 0. The first-order valence-electron chi connectivity index (χ1n) is 12.7. The van der Waals surface area contributed by atoms with Crippen LogP contribution in [0.3, 0.4) is 0 Å². The number of halogens is 9. The summed E-state index contributed by atoms with van der Waals surface area (Å²) in [6.45, 7) is 16.0. The van der Waals surface area contributed by atoms with Gasteiger partial charge in [-0.25, -0.2) is 0 Å². The van der Waals surface area contributed by atoms with Gasteiger partial charge in [0, 0.05) is 5.41 Å². The van der Waals surface area contributed by atoms with Gasteiger partial charge in [-0.15, -0.1) is 0 Å². The van der Waals surface area contributed by atoms with E-state index in [1.165, 1.54) is 19.8 Å². The Labute approximate surface area is 223 Å². The third-order valence-corrected chi connectivity index (χ3v) is 9.28. The molecule has 0 aromatic carbocycles. The van der Waals surface area contributed by atoms with Crippen LogP contribution in [0.5, 0.6) is 0 Å². The topological polar surface area (TPSA) is 52.6 Å². The second-order valence-electron chi connectivity index (χ2n) is 12.5. The van der Waals surface area contributed by atoms with Crippen LogP contribution in [0.2, 0.25) is 0 Å². The summed E-state index contributed by atoms with van der Waals surface area (Å²) in [6.07, 6.45) is -16.5. The van der Waals surface area contributed by atoms with E-state index < -0.39 is 35.5 Å². The summed E-state index contributed by atoms with van der Waals surface area (Å²) in [5.74, 6) is -1.54. The molecule has 0 aromatic heterocycles. The van der Waals surface area contributed by atoms with E-state index in [0.29, 0.717) is 5.41 Å². The van der Waals surface area contributed by atoms with E-state index in [1.807, 2.05) is 20.8 Å². The van der Waals surface area contributed by atoms with Crippen LogP contribution in [0.4, 0.5) is 39.5 Å². The molecule has 0 heterocycles. The van der Waals surface area contributed by atoms with Crippen LogP contribution in [-0.4, -0.2) is 42.2 Å². The average Bonchev–Trinajstić information content (AvgIpc) is 3.08. The molecule has 2 saturated carbocycles. The number of hydrogen-bond donors (Lipinski definition) is 0. The van der Waals surface area contributed by atoms with Crippen molar-refractivity contribution in [2.45, 2.75) is 125 Å². The van der Waals surface area contributed by atoms with E-state index in [4.69, 9.17) is 4.74 Å². The van der Waals surface area contributed by atoms with Crippen LogP contribution in [0.25, 0.3) is 0 Å². The Kier molecular flexibility index (Phi) is 9.62. The summed E-state index contributed by atoms with van der Waals surface area (Å²) in [4.78, 5) is 23.6. The molecule has 2 rings (SSSR count). The van der Waals surface area contributed by atoms with E-state index in [-0.39, 0.29) is 29.3 Å². The molecule has 0 aromatic rings. The molecule has 0 aliphatic heterocycles. The van der Waals surface area contributed by atoms with Crippen molar-refractivity contribution in [3.63, 3.8) is 0 Å². The molecule has 3 atom stereocenters. The molecule has 2 fully saturated rings. The Bertz CT molecular complexity index is 865. The fourth-order valence-electron chi connectivity index (χ4n) is 4.82. The van der Waals surface area contributed by atoms with E-state index >= 15 is 0 Å². The molecular weight excluding hydrogens is 547 g/mol. The van der Waals surface area contributed by atoms with Crippen molar-refractivity contribution in [3.8, 4) is 0 Å². The monoisotopic (exact) mass is 586 g/mol. The van der Waals surface area contributed by atoms with Crippen molar-refractivity contribution in [1.29, 1.82) is 0 Å². The SMILES string of the molecule is CCC(C)(C)C(=O)OC(C(F)(F)F)(C(F)(F)F)C(F)(F)F.CCC(C)(C)C(=O)OC1CC2CCC1(C)C2(C)C. The molecule has 3 unspecified atom stereocenters. The lowest BCUT2D eigenvalue weighted by atomic mass is 9.70. The largest absolute Gasteiger partial charge is 0.461 e. The minimum Gasteiger partial charge on any atom is -0.461 e. The van der Waals surface area contributed by atoms with Gasteiger partial charge < -0.3 is 9.47 Å². The minimum absolute atomic E-state index is 0.0143. The van der Waals surface area contributed by atoms with Gasteiger partial charge in [-0.1, -0.05) is 34.6 Å². The highest BCUT2D eigenvalue weighted by molar-refractivity contribution is 5.76. The number of carbonyl (C=O) groups is 2. The molecule has 2 aliphatic rings. The molecule has 0 spiro atoms. The number of rotatable bonds is 6. The third kappa shape index (κ3) is 6.16. The summed E-state index contributed by atoms with van der Waals surface area (Å²) in [5.41, 5.74) is -8.36. The number of carbonyl (C=O) groups excluding carboxylic acids is 2. The first-order valence-corrected chi connectivity index (χ1v) is 12.7. The van der Waals surface area contributed by atoms with Crippen LogP contribution in [0.1, 0.15) is 94.4 Å². The Morgan fingerprint density at radius 2 is 1.13 bits per heavy atom. The Morgan fingerprint density at radius 3 is 1.41 bits per heavy atom. The predicted octanol–water partition coefficient (Wildman–Crippen LogP) is 8.57. The van der Waals surface area contributed by atoms with Gasteiger partial charge >= 0.3 is 36.1 Å². The highest BCUT2D eigenvalue weighted by atomic mass is 19.4. The molecular formula is C26H39F9O4. The van der Waals surface area contributed by atoms with Crippen LogP contribution in [0, 0.1) is 27.6 Å². The number of ether oxygens (including phenoxy) is 2. The lowest BCUT2D eigenvalue weighted by Gasteiger charge is -2.39. The fraction of sp³-hybridized carbons (Fsp3) is 0.923. The Balaban J connectivity index is 0.000000393.